The number of unbranched alkanes of at least 4 members (excludes halogenated alkanes) is 6. The van der Waals surface area contributed by atoms with E-state index in [0.717, 1.165) is 94.5 Å². The lowest BCUT2D eigenvalue weighted by atomic mass is 9.97. The first-order chi connectivity index (χ1) is 41.4. The lowest BCUT2D eigenvalue weighted by molar-refractivity contribution is -0.0112. The molecule has 0 aliphatic rings. The van der Waals surface area contributed by atoms with Crippen molar-refractivity contribution in [1.82, 2.24) is 0 Å². The van der Waals surface area contributed by atoms with Crippen molar-refractivity contribution in [3.63, 3.8) is 0 Å². The minimum absolute atomic E-state index is 0.125. The smallest absolute Gasteiger partial charge is 0.189 e. The standard InChI is InChI=1S/C26H38O6.C22H30O4.C18H22O2.C4H9ClO2/c1-5-6-7-10-22-17-24(31-19-29-14-12-27-3)26(23-11-8-9-21(2)16-23)25(18-22)32-20-30-15-13-28-4;1-4-5-6-9-18-14-20(23)22(19-10-7-8-17(2)13-19)21(15-18)26-16-25-12-11-24-3;1-3-4-5-8-14-11-16(19)18(17(20)12-14)15-9-6-7-13(2)10-15;1-6-2-3-7-4-5/h8-9,11,16-18H,5-7,10,12-15,19-20H2,1-4H3;7-8,10,13-15,23H,4-6,9,11-12,16H2,1-3H3;6-7,9-12,19-20H,3-5,8H2,1-2H3;2-4H2,1H3. The molecule has 0 spiro atoms. The number of aryl methyl sites for hydroxylation is 6. The summed E-state index contributed by atoms with van der Waals surface area (Å²) >= 11 is 5.16. The van der Waals surface area contributed by atoms with Crippen LogP contribution in [-0.4, -0.2) is 123 Å². The second-order valence-electron chi connectivity index (χ2n) is 20.4. The first-order valence-corrected chi connectivity index (χ1v) is 30.4. The van der Waals surface area contributed by atoms with Crippen molar-refractivity contribution in [1.29, 1.82) is 0 Å². The second-order valence-corrected chi connectivity index (χ2v) is 20.7. The van der Waals surface area contributed by atoms with E-state index < -0.39 is 0 Å². The first kappa shape index (κ1) is 73.3. The van der Waals surface area contributed by atoms with Gasteiger partial charge in [-0.15, -0.1) is 0 Å². The van der Waals surface area contributed by atoms with Gasteiger partial charge in [-0.1, -0.05) is 160 Å². The van der Waals surface area contributed by atoms with Crippen LogP contribution in [0.1, 0.15) is 112 Å². The molecule has 0 bridgehead atoms. The Labute approximate surface area is 513 Å². The van der Waals surface area contributed by atoms with Gasteiger partial charge in [0.25, 0.3) is 0 Å². The third kappa shape index (κ3) is 29.4. The quantitative estimate of drug-likeness (QED) is 0.0192. The molecule has 0 unspecified atom stereocenters. The summed E-state index contributed by atoms with van der Waals surface area (Å²) in [5, 5.41) is 31.1. The predicted octanol–water partition coefficient (Wildman–Crippen LogP) is 16.1. The third-order valence-electron chi connectivity index (χ3n) is 13.2. The Morgan fingerprint density at radius 2 is 0.659 bits per heavy atom. The summed E-state index contributed by atoms with van der Waals surface area (Å²) in [7, 11) is 6.56. The van der Waals surface area contributed by atoms with Gasteiger partial charge in [-0.3, -0.25) is 0 Å². The Morgan fingerprint density at radius 3 is 1.00 bits per heavy atom. The van der Waals surface area contributed by atoms with Crippen LogP contribution < -0.4 is 14.2 Å². The van der Waals surface area contributed by atoms with Crippen LogP contribution in [0.3, 0.4) is 0 Å². The van der Waals surface area contributed by atoms with Crippen LogP contribution in [-0.2, 0) is 57.2 Å². The summed E-state index contributed by atoms with van der Waals surface area (Å²) in [5.74, 6) is 2.70. The summed E-state index contributed by atoms with van der Waals surface area (Å²) in [6.07, 6.45) is 13.1. The van der Waals surface area contributed by atoms with Gasteiger partial charge in [0.2, 0.25) is 0 Å². The van der Waals surface area contributed by atoms with Gasteiger partial charge in [-0.05, 0) is 129 Å². The number of hydrogen-bond donors (Lipinski definition) is 3. The molecule has 0 aromatic heterocycles. The molecule has 85 heavy (non-hydrogen) atoms. The van der Waals surface area contributed by atoms with Crippen LogP contribution in [0.15, 0.2) is 109 Å². The van der Waals surface area contributed by atoms with E-state index in [1.807, 2.05) is 80.6 Å². The van der Waals surface area contributed by atoms with Gasteiger partial charge < -0.3 is 67.4 Å². The SMILES string of the molecule is CCCCCc1cc(O)c(-c2cccc(C)c2)c(O)c1.CCCCCc1cc(O)c(-c2cccc(C)c2)c(OCOCCOC)c1.CCCCCc1cc(OCOCCOC)c(-c2cccc(C)c2)c(OCOCCOC)c1.COCCOCCl. The fourth-order valence-corrected chi connectivity index (χ4v) is 8.98. The summed E-state index contributed by atoms with van der Waals surface area (Å²) in [5.41, 5.74) is 11.6. The molecule has 0 amide bonds. The number of halogens is 1. The Kier molecular flexibility index (Phi) is 39.2. The molecule has 6 aromatic carbocycles. The van der Waals surface area contributed by atoms with Crippen LogP contribution in [0.5, 0.6) is 34.5 Å². The van der Waals surface area contributed by atoms with Gasteiger partial charge in [0.1, 0.15) is 40.6 Å². The van der Waals surface area contributed by atoms with Crippen LogP contribution in [0.4, 0.5) is 0 Å². The molecule has 6 rings (SSSR count). The molecule has 0 radical (unpaired) electrons. The highest BCUT2D eigenvalue weighted by Gasteiger charge is 2.18. The molecule has 0 saturated carbocycles. The molecule has 470 valence electrons. The number of ether oxygens (including phenoxy) is 11. The molecule has 0 atom stereocenters. The molecular weight excluding hydrogens is 1100 g/mol. The Balaban J connectivity index is 0.000000322. The van der Waals surface area contributed by atoms with Crippen LogP contribution in [0.2, 0.25) is 0 Å². The second kappa shape index (κ2) is 45.4. The number of hydrogen-bond acceptors (Lipinski definition) is 14. The normalized spacial score (nSPS) is 10.8. The van der Waals surface area contributed by atoms with E-state index in [-0.39, 0.29) is 43.7 Å². The number of aromatic hydroxyl groups is 3. The van der Waals surface area contributed by atoms with Crippen molar-refractivity contribution in [3.05, 3.63) is 143 Å². The average molecular weight is 1200 g/mol. The van der Waals surface area contributed by atoms with Crippen molar-refractivity contribution in [2.24, 2.45) is 0 Å². The maximum absolute atomic E-state index is 10.7. The summed E-state index contributed by atoms with van der Waals surface area (Å²) < 4.78 is 59.1. The zero-order valence-electron chi connectivity index (χ0n) is 52.6. The van der Waals surface area contributed by atoms with Gasteiger partial charge >= 0.3 is 0 Å². The zero-order chi connectivity index (χ0) is 61.9. The molecule has 0 saturated heterocycles. The monoisotopic (exact) mass is 1200 g/mol. The van der Waals surface area contributed by atoms with E-state index in [1.165, 1.54) is 49.7 Å². The molecule has 14 nitrogen and oxygen atoms in total. The molecule has 0 heterocycles. The fourth-order valence-electron chi connectivity index (χ4n) is 8.87. The average Bonchev–Trinajstić information content (AvgIpc) is 3.36. The maximum Gasteiger partial charge on any atom is 0.189 e. The van der Waals surface area contributed by atoms with Gasteiger partial charge in [0, 0.05) is 28.4 Å². The number of phenolic OH excluding ortho intramolecular Hbond substituents is 3. The third-order valence-corrected chi connectivity index (χ3v) is 13.4. The van der Waals surface area contributed by atoms with Crippen LogP contribution in [0.25, 0.3) is 33.4 Å². The molecule has 6 aromatic rings. The van der Waals surface area contributed by atoms with Crippen molar-refractivity contribution in [3.8, 4) is 67.9 Å². The minimum atomic E-state index is 0.125. The highest BCUT2D eigenvalue weighted by molar-refractivity contribution is 6.17. The summed E-state index contributed by atoms with van der Waals surface area (Å²) in [4.78, 5) is 0. The number of methoxy groups -OCH3 is 4. The molecule has 15 heteroatoms. The van der Waals surface area contributed by atoms with Crippen molar-refractivity contribution >= 4 is 11.6 Å². The molecule has 0 aliphatic heterocycles. The van der Waals surface area contributed by atoms with Crippen molar-refractivity contribution < 1.29 is 67.4 Å². The van der Waals surface area contributed by atoms with Gasteiger partial charge in [0.05, 0.1) is 69.5 Å². The lowest BCUT2D eigenvalue weighted by Gasteiger charge is -2.19. The lowest BCUT2D eigenvalue weighted by Crippen LogP contribution is -2.11. The van der Waals surface area contributed by atoms with Gasteiger partial charge in [-0.2, -0.15) is 0 Å². The predicted molar refractivity (Wildman–Crippen MR) is 343 cm³/mol. The van der Waals surface area contributed by atoms with Crippen molar-refractivity contribution in [2.75, 3.05) is 108 Å². The number of rotatable bonds is 37. The molecule has 0 aliphatic carbocycles. The van der Waals surface area contributed by atoms with Gasteiger partial charge in [-0.25, -0.2) is 0 Å². The molecular formula is C70H99ClO14. The Morgan fingerprint density at radius 1 is 0.353 bits per heavy atom. The largest absolute Gasteiger partial charge is 0.507 e. The van der Waals surface area contributed by atoms with Crippen LogP contribution in [0, 0.1) is 20.8 Å². The Bertz CT molecular complexity index is 2650. The molecule has 3 N–H and O–H groups in total. The number of benzene rings is 6. The highest BCUT2D eigenvalue weighted by Crippen LogP contribution is 2.43. The summed E-state index contributed by atoms with van der Waals surface area (Å²) in [6.45, 7) is 17.3. The highest BCUT2D eigenvalue weighted by atomic mass is 35.5. The Hall–Kier alpha value is -5.91. The van der Waals surface area contributed by atoms with E-state index in [4.69, 9.17) is 59.0 Å². The van der Waals surface area contributed by atoms with E-state index in [0.29, 0.717) is 69.7 Å². The maximum atomic E-state index is 10.7. The van der Waals surface area contributed by atoms with Crippen molar-refractivity contribution in [2.45, 2.75) is 119 Å². The van der Waals surface area contributed by atoms with Crippen LogP contribution >= 0.6 is 11.6 Å². The number of alkyl halides is 1. The van der Waals surface area contributed by atoms with E-state index in [2.05, 4.69) is 62.8 Å². The summed E-state index contributed by atoms with van der Waals surface area (Å²) in [6, 6.07) is 36.0. The first-order valence-electron chi connectivity index (χ1n) is 29.9. The van der Waals surface area contributed by atoms with E-state index in [9.17, 15) is 15.3 Å². The van der Waals surface area contributed by atoms with E-state index in [1.54, 1.807) is 40.6 Å². The topological polar surface area (TPSA) is 162 Å². The zero-order valence-corrected chi connectivity index (χ0v) is 53.3. The number of phenols is 3. The fraction of sp³-hybridized carbons (Fsp3) is 0.486. The minimum Gasteiger partial charge on any atom is -0.507 e. The molecule has 0 fully saturated rings. The van der Waals surface area contributed by atoms with Gasteiger partial charge in [0.15, 0.2) is 20.4 Å². The van der Waals surface area contributed by atoms with E-state index >= 15 is 0 Å².